The maximum absolute atomic E-state index is 11.9. The van der Waals surface area contributed by atoms with Crippen molar-refractivity contribution in [2.75, 3.05) is 19.0 Å². The molecule has 1 amide bonds. The van der Waals surface area contributed by atoms with Gasteiger partial charge in [-0.3, -0.25) is 0 Å². The summed E-state index contributed by atoms with van der Waals surface area (Å²) in [7, 11) is 0. The monoisotopic (exact) mass is 317 g/mol. The predicted octanol–water partition coefficient (Wildman–Crippen LogP) is 1.15. The van der Waals surface area contributed by atoms with E-state index < -0.39 is 11.6 Å². The molecule has 118 valence electrons. The van der Waals surface area contributed by atoms with Crippen molar-refractivity contribution in [2.24, 2.45) is 28.6 Å². The first-order chi connectivity index (χ1) is 9.73. The van der Waals surface area contributed by atoms with Crippen LogP contribution in [-0.2, 0) is 14.4 Å². The number of piperidine rings is 1. The number of halogens is 1. The van der Waals surface area contributed by atoms with E-state index in [1.165, 1.54) is 0 Å². The summed E-state index contributed by atoms with van der Waals surface area (Å²) in [6, 6.07) is 0. The molecule has 1 saturated heterocycles. The zero-order valence-electron chi connectivity index (χ0n) is 12.3. The van der Waals surface area contributed by atoms with E-state index >= 15 is 0 Å². The summed E-state index contributed by atoms with van der Waals surface area (Å²) in [4.78, 5) is 29.0. The van der Waals surface area contributed by atoms with Gasteiger partial charge in [0.1, 0.15) is 17.3 Å². The molecule has 21 heavy (non-hydrogen) atoms. The number of oxime groups is 1. The van der Waals surface area contributed by atoms with Crippen molar-refractivity contribution in [3.63, 3.8) is 0 Å². The number of hydrogen-bond acceptors (Lipinski definition) is 5. The number of ether oxygens (including phenoxy) is 1. The van der Waals surface area contributed by atoms with Crippen LogP contribution in [-0.4, -0.2) is 47.4 Å². The molecule has 1 heterocycles. The van der Waals surface area contributed by atoms with Crippen molar-refractivity contribution in [1.29, 1.82) is 0 Å². The van der Waals surface area contributed by atoms with Crippen LogP contribution in [0.4, 0.5) is 4.79 Å². The number of carbonyl (C=O) groups is 2. The zero-order valence-corrected chi connectivity index (χ0v) is 13.1. The Morgan fingerprint density at radius 2 is 1.90 bits per heavy atom. The Labute approximate surface area is 128 Å². The van der Waals surface area contributed by atoms with Crippen LogP contribution in [0.25, 0.3) is 0 Å². The second-order valence-electron chi connectivity index (χ2n) is 6.35. The Bertz CT molecular complexity index is 463. The maximum atomic E-state index is 11.9. The molecule has 0 spiro atoms. The van der Waals surface area contributed by atoms with Crippen molar-refractivity contribution >= 4 is 29.5 Å². The van der Waals surface area contributed by atoms with Crippen LogP contribution in [0.5, 0.6) is 0 Å². The van der Waals surface area contributed by atoms with Crippen LogP contribution in [0, 0.1) is 17.8 Å². The molecule has 3 atom stereocenters. The van der Waals surface area contributed by atoms with Gasteiger partial charge in [-0.25, -0.2) is 9.59 Å². The highest BCUT2D eigenvalue weighted by molar-refractivity contribution is 6.26. The number of nitrogens with zero attached hydrogens (tertiary/aromatic N) is 2. The number of rotatable bonds is 3. The molecule has 2 unspecified atom stereocenters. The van der Waals surface area contributed by atoms with Crippen LogP contribution < -0.4 is 5.73 Å². The molecule has 0 aromatic heterocycles. The summed E-state index contributed by atoms with van der Waals surface area (Å²) in [5, 5.41) is 3.59. The van der Waals surface area contributed by atoms with E-state index in [0.29, 0.717) is 13.1 Å². The van der Waals surface area contributed by atoms with E-state index in [9.17, 15) is 9.59 Å². The number of nitrogens with two attached hydrogens (primary N) is 1. The van der Waals surface area contributed by atoms with Crippen molar-refractivity contribution in [3.05, 3.63) is 0 Å². The third kappa shape index (κ3) is 3.78. The first-order valence-corrected chi connectivity index (χ1v) is 7.33. The normalized spacial score (nSPS) is 28.1. The lowest BCUT2D eigenvalue weighted by molar-refractivity contribution is -0.140. The van der Waals surface area contributed by atoms with Gasteiger partial charge in [0.05, 0.1) is 0 Å². The first-order valence-electron chi connectivity index (χ1n) is 6.80. The number of hydrogen-bond donors (Lipinski definition) is 1. The Kier molecular flexibility index (Phi) is 4.32. The van der Waals surface area contributed by atoms with Crippen LogP contribution in [0.15, 0.2) is 5.16 Å². The highest BCUT2D eigenvalue weighted by atomic mass is 35.5. The summed E-state index contributed by atoms with van der Waals surface area (Å²) >= 11 is 5.29. The third-order valence-corrected chi connectivity index (χ3v) is 3.77. The van der Waals surface area contributed by atoms with Gasteiger partial charge in [-0.15, -0.1) is 11.6 Å². The number of alkyl halides is 1. The standard InChI is InChI=1S/C13H20ClN3O4/c1-13(2,3)20-12(19)17-5-7-8(6-17)10(7)11(15)16-21-9(18)4-14/h7-8,10H,4-6H2,1-3H3,(H2,15,16)/t7-,8?,10?/m1/s1. The van der Waals surface area contributed by atoms with Crippen molar-refractivity contribution in [3.8, 4) is 0 Å². The predicted molar refractivity (Wildman–Crippen MR) is 76.7 cm³/mol. The van der Waals surface area contributed by atoms with E-state index in [1.54, 1.807) is 4.90 Å². The summed E-state index contributed by atoms with van der Waals surface area (Å²) in [5.74, 6) is -0.0346. The molecule has 7 nitrogen and oxygen atoms in total. The lowest BCUT2D eigenvalue weighted by atomic mass is 10.2. The summed E-state index contributed by atoms with van der Waals surface area (Å²) < 4.78 is 5.32. The summed E-state index contributed by atoms with van der Waals surface area (Å²) in [5.41, 5.74) is 5.29. The molecule has 8 heteroatoms. The minimum Gasteiger partial charge on any atom is -0.444 e. The second kappa shape index (κ2) is 5.71. The minimum atomic E-state index is -0.638. The average Bonchev–Trinajstić information content (AvgIpc) is 2.88. The van der Waals surface area contributed by atoms with Gasteiger partial charge in [0.15, 0.2) is 0 Å². The lowest BCUT2D eigenvalue weighted by Gasteiger charge is -2.25. The number of fused-ring (bicyclic) bond motifs is 1. The van der Waals surface area contributed by atoms with E-state index in [4.69, 9.17) is 22.1 Å². The van der Waals surface area contributed by atoms with Crippen molar-refractivity contribution in [2.45, 2.75) is 26.4 Å². The van der Waals surface area contributed by atoms with E-state index in [2.05, 4.69) is 9.99 Å². The molecule has 0 bridgehead atoms. The van der Waals surface area contributed by atoms with Gasteiger partial charge in [0.25, 0.3) is 0 Å². The molecule has 0 aromatic rings. The van der Waals surface area contributed by atoms with Gasteiger partial charge in [0, 0.05) is 19.0 Å². The van der Waals surface area contributed by atoms with Gasteiger partial charge in [-0.2, -0.15) is 0 Å². The molecule has 1 aliphatic carbocycles. The fourth-order valence-corrected chi connectivity index (χ4v) is 2.68. The number of carbonyl (C=O) groups excluding carboxylic acids is 2. The van der Waals surface area contributed by atoms with Crippen molar-refractivity contribution < 1.29 is 19.2 Å². The zero-order chi connectivity index (χ0) is 15.8. The fourth-order valence-electron chi connectivity index (χ4n) is 2.63. The number of likely N-dealkylation sites (tertiary alicyclic amines) is 1. The molecule has 0 aromatic carbocycles. The van der Waals surface area contributed by atoms with E-state index in [0.717, 1.165) is 0 Å². The quantitative estimate of drug-likeness (QED) is 0.277. The average molecular weight is 318 g/mol. The molecule has 2 N–H and O–H groups in total. The third-order valence-electron chi connectivity index (χ3n) is 3.55. The molecule has 1 aliphatic heterocycles. The van der Waals surface area contributed by atoms with Crippen LogP contribution >= 0.6 is 11.6 Å². The highest BCUT2D eigenvalue weighted by Gasteiger charge is 2.59. The first kappa shape index (κ1) is 15.9. The Hall–Kier alpha value is -1.50. The van der Waals surface area contributed by atoms with Gasteiger partial charge in [0.2, 0.25) is 0 Å². The second-order valence-corrected chi connectivity index (χ2v) is 6.62. The van der Waals surface area contributed by atoms with Gasteiger partial charge in [-0.05, 0) is 32.6 Å². The largest absolute Gasteiger partial charge is 0.444 e. The Balaban J connectivity index is 1.82. The lowest BCUT2D eigenvalue weighted by Crippen LogP contribution is -2.38. The number of amidine groups is 1. The van der Waals surface area contributed by atoms with Crippen LogP contribution in [0.3, 0.4) is 0 Å². The summed E-state index contributed by atoms with van der Waals surface area (Å²) in [6.45, 7) is 6.68. The van der Waals surface area contributed by atoms with E-state index in [1.807, 2.05) is 20.8 Å². The van der Waals surface area contributed by atoms with Gasteiger partial charge in [-0.1, -0.05) is 5.16 Å². The van der Waals surface area contributed by atoms with E-state index in [-0.39, 0.29) is 35.6 Å². The number of amides is 1. The molecule has 0 radical (unpaired) electrons. The fraction of sp³-hybridized carbons (Fsp3) is 0.769. The molecule has 2 rings (SSSR count). The SMILES string of the molecule is CC(C)(C)OC(=O)N1CC2C(/C(N)=N/OC(=O)CCl)[C@@H]2C1. The smallest absolute Gasteiger partial charge is 0.410 e. The topological polar surface area (TPSA) is 94.2 Å². The van der Waals surface area contributed by atoms with Gasteiger partial charge < -0.3 is 20.2 Å². The molecule has 1 saturated carbocycles. The molecular formula is C13H20ClN3O4. The maximum Gasteiger partial charge on any atom is 0.410 e. The summed E-state index contributed by atoms with van der Waals surface area (Å²) in [6.07, 6.45) is -0.308. The van der Waals surface area contributed by atoms with Gasteiger partial charge >= 0.3 is 12.1 Å². The minimum absolute atomic E-state index is 0.0619. The molecule has 2 aliphatic rings. The molecule has 2 fully saturated rings. The van der Waals surface area contributed by atoms with Crippen LogP contribution in [0.1, 0.15) is 20.8 Å². The highest BCUT2D eigenvalue weighted by Crippen LogP contribution is 2.51. The Morgan fingerprint density at radius 1 is 1.33 bits per heavy atom. The van der Waals surface area contributed by atoms with Crippen molar-refractivity contribution in [1.82, 2.24) is 4.90 Å². The van der Waals surface area contributed by atoms with Crippen LogP contribution in [0.2, 0.25) is 0 Å². The Morgan fingerprint density at radius 3 is 2.38 bits per heavy atom. The molecular weight excluding hydrogens is 298 g/mol.